The molecule has 3 rings (SSSR count). The van der Waals surface area contributed by atoms with Gasteiger partial charge in [-0.2, -0.15) is 0 Å². The van der Waals surface area contributed by atoms with Gasteiger partial charge in [0, 0.05) is 33.0 Å². The Labute approximate surface area is 191 Å². The molecule has 1 heterocycles. The fourth-order valence-corrected chi connectivity index (χ4v) is 4.25. The number of aliphatic carboxylic acids is 1. The average Bonchev–Trinajstić information content (AvgIpc) is 3.19. The number of carbonyl (C=O) groups excluding carboxylic acids is 2. The number of hydrogen-bond donors (Lipinski definition) is 3. The summed E-state index contributed by atoms with van der Waals surface area (Å²) in [5.74, 6) is -1.44. The number of thiazole rings is 1. The normalized spacial score (nSPS) is 10.5. The first kappa shape index (κ1) is 22.8. The fraction of sp³-hybridized carbons (Fsp3) is 0.143. The van der Waals surface area contributed by atoms with E-state index in [2.05, 4.69) is 15.6 Å². The number of benzene rings is 2. The highest BCUT2D eigenvalue weighted by Gasteiger charge is 2.11. The number of carboxylic acids is 1. The van der Waals surface area contributed by atoms with Crippen molar-refractivity contribution in [3.05, 3.63) is 58.9 Å². The molecule has 3 N–H and O–H groups in total. The summed E-state index contributed by atoms with van der Waals surface area (Å²) in [4.78, 5) is 39.8. The molecule has 0 saturated heterocycles. The van der Waals surface area contributed by atoms with Gasteiger partial charge in [-0.25, -0.2) is 4.98 Å². The van der Waals surface area contributed by atoms with E-state index in [4.69, 9.17) is 16.7 Å². The number of carboxylic acid groups (broad SMARTS) is 1. The van der Waals surface area contributed by atoms with Gasteiger partial charge in [0.2, 0.25) is 11.8 Å². The van der Waals surface area contributed by atoms with Crippen LogP contribution in [0.1, 0.15) is 12.8 Å². The monoisotopic (exact) mass is 475 g/mol. The molecule has 0 unspecified atom stereocenters. The number of nitrogens with zero attached hydrogens (tertiary/aromatic N) is 1. The van der Waals surface area contributed by atoms with E-state index in [1.807, 2.05) is 29.6 Å². The highest BCUT2D eigenvalue weighted by molar-refractivity contribution is 8.00. The van der Waals surface area contributed by atoms with E-state index in [1.54, 1.807) is 24.3 Å². The first-order valence-electron chi connectivity index (χ1n) is 9.15. The Hall–Kier alpha value is -2.88. The second-order valence-electron chi connectivity index (χ2n) is 6.32. The lowest BCUT2D eigenvalue weighted by molar-refractivity contribution is -0.138. The molecule has 7 nitrogen and oxygen atoms in total. The van der Waals surface area contributed by atoms with Gasteiger partial charge in [-0.05, 0) is 24.3 Å². The third-order valence-corrected chi connectivity index (χ3v) is 6.04. The van der Waals surface area contributed by atoms with E-state index in [1.165, 1.54) is 23.1 Å². The van der Waals surface area contributed by atoms with Crippen molar-refractivity contribution in [1.82, 2.24) is 4.98 Å². The summed E-state index contributed by atoms with van der Waals surface area (Å²) in [5, 5.41) is 17.0. The molecule has 160 valence electrons. The molecule has 1 aromatic heterocycles. The molecule has 0 aliphatic heterocycles. The van der Waals surface area contributed by atoms with Gasteiger partial charge < -0.3 is 15.7 Å². The van der Waals surface area contributed by atoms with Gasteiger partial charge in [-0.3, -0.25) is 14.4 Å². The predicted octanol–water partition coefficient (Wildman–Crippen LogP) is 5.00. The predicted molar refractivity (Wildman–Crippen MR) is 124 cm³/mol. The lowest BCUT2D eigenvalue weighted by Gasteiger charge is -2.07. The summed E-state index contributed by atoms with van der Waals surface area (Å²) in [6, 6.07) is 14.4. The van der Waals surface area contributed by atoms with E-state index in [0.29, 0.717) is 21.5 Å². The van der Waals surface area contributed by atoms with Crippen molar-refractivity contribution in [2.24, 2.45) is 0 Å². The smallest absolute Gasteiger partial charge is 0.303 e. The van der Waals surface area contributed by atoms with Crippen LogP contribution in [-0.2, 0) is 14.4 Å². The Balaban J connectivity index is 1.52. The fourth-order valence-electron chi connectivity index (χ4n) is 2.54. The minimum atomic E-state index is -1.02. The van der Waals surface area contributed by atoms with Crippen molar-refractivity contribution >= 4 is 63.3 Å². The molecule has 0 aliphatic rings. The number of aromatic nitrogens is 1. The van der Waals surface area contributed by atoms with Crippen molar-refractivity contribution in [1.29, 1.82) is 0 Å². The van der Waals surface area contributed by atoms with E-state index in [0.717, 1.165) is 10.5 Å². The van der Waals surface area contributed by atoms with E-state index >= 15 is 0 Å². The topological polar surface area (TPSA) is 108 Å². The van der Waals surface area contributed by atoms with Gasteiger partial charge in [0.1, 0.15) is 0 Å². The molecule has 0 bridgehead atoms. The number of halogens is 1. The van der Waals surface area contributed by atoms with Gasteiger partial charge in [-0.1, -0.05) is 35.9 Å². The maximum absolute atomic E-state index is 12.3. The van der Waals surface area contributed by atoms with Crippen LogP contribution in [0.3, 0.4) is 0 Å². The summed E-state index contributed by atoms with van der Waals surface area (Å²) in [6.07, 6.45) is -0.325. The SMILES string of the molecule is O=C(O)CCC(=O)Nc1cccc(SCC(=O)Nc2nc(-c3ccccc3Cl)cs2)c1. The number of nitrogens with one attached hydrogen (secondary N) is 2. The molecular weight excluding hydrogens is 458 g/mol. The molecule has 3 aromatic rings. The molecule has 2 amide bonds. The first-order valence-corrected chi connectivity index (χ1v) is 11.4. The molecular formula is C21H18ClN3O4S2. The van der Waals surface area contributed by atoms with Crippen molar-refractivity contribution < 1.29 is 19.5 Å². The zero-order chi connectivity index (χ0) is 22.2. The van der Waals surface area contributed by atoms with Crippen LogP contribution in [0.15, 0.2) is 58.8 Å². The van der Waals surface area contributed by atoms with Crippen LogP contribution in [0.5, 0.6) is 0 Å². The van der Waals surface area contributed by atoms with E-state index in [9.17, 15) is 14.4 Å². The van der Waals surface area contributed by atoms with E-state index < -0.39 is 5.97 Å². The molecule has 31 heavy (non-hydrogen) atoms. The van der Waals surface area contributed by atoms with Gasteiger partial charge in [0.25, 0.3) is 0 Å². The molecule has 0 saturated carbocycles. The van der Waals surface area contributed by atoms with Gasteiger partial charge >= 0.3 is 5.97 Å². The summed E-state index contributed by atoms with van der Waals surface area (Å²) < 4.78 is 0. The highest BCUT2D eigenvalue weighted by Crippen LogP contribution is 2.30. The van der Waals surface area contributed by atoms with Crippen LogP contribution < -0.4 is 10.6 Å². The molecule has 0 radical (unpaired) electrons. The number of carbonyl (C=O) groups is 3. The number of amides is 2. The minimum Gasteiger partial charge on any atom is -0.481 e. The second kappa shape index (κ2) is 10.9. The standard InChI is InChI=1S/C21H18ClN3O4S2/c22-16-7-2-1-6-15(16)17-11-31-21(24-17)25-19(27)12-30-14-5-3-4-13(10-14)23-18(26)8-9-20(28)29/h1-7,10-11H,8-9,12H2,(H,23,26)(H,28,29)(H,24,25,27). The van der Waals surface area contributed by atoms with Crippen molar-refractivity contribution in [3.8, 4) is 11.3 Å². The van der Waals surface area contributed by atoms with Crippen molar-refractivity contribution in [3.63, 3.8) is 0 Å². The average molecular weight is 476 g/mol. The maximum atomic E-state index is 12.3. The summed E-state index contributed by atoms with van der Waals surface area (Å²) in [5.41, 5.74) is 2.05. The molecule has 0 atom stereocenters. The van der Waals surface area contributed by atoms with Crippen LogP contribution in [-0.4, -0.2) is 33.6 Å². The third kappa shape index (κ3) is 7.09. The quantitative estimate of drug-likeness (QED) is 0.376. The highest BCUT2D eigenvalue weighted by atomic mass is 35.5. The van der Waals surface area contributed by atoms with Gasteiger partial charge in [-0.15, -0.1) is 23.1 Å². The van der Waals surface area contributed by atoms with Crippen LogP contribution >= 0.6 is 34.7 Å². The zero-order valence-corrected chi connectivity index (χ0v) is 18.5. The first-order chi connectivity index (χ1) is 14.9. The number of thioether (sulfide) groups is 1. The molecule has 0 aliphatic carbocycles. The minimum absolute atomic E-state index is 0.0981. The Morgan fingerprint density at radius 3 is 2.61 bits per heavy atom. The number of rotatable bonds is 9. The van der Waals surface area contributed by atoms with Gasteiger partial charge in [0.05, 0.1) is 17.9 Å². The lowest BCUT2D eigenvalue weighted by Crippen LogP contribution is -2.14. The Kier molecular flexibility index (Phi) is 8.05. The zero-order valence-electron chi connectivity index (χ0n) is 16.1. The molecule has 10 heteroatoms. The van der Waals surface area contributed by atoms with E-state index in [-0.39, 0.29) is 30.4 Å². The van der Waals surface area contributed by atoms with Crippen LogP contribution in [0, 0.1) is 0 Å². The van der Waals surface area contributed by atoms with Crippen LogP contribution in [0.25, 0.3) is 11.3 Å². The van der Waals surface area contributed by atoms with Gasteiger partial charge in [0.15, 0.2) is 5.13 Å². The van der Waals surface area contributed by atoms with Crippen molar-refractivity contribution in [2.75, 3.05) is 16.4 Å². The summed E-state index contributed by atoms with van der Waals surface area (Å²) in [6.45, 7) is 0. The maximum Gasteiger partial charge on any atom is 0.303 e. The third-order valence-electron chi connectivity index (χ3n) is 3.95. The second-order valence-corrected chi connectivity index (χ2v) is 8.64. The Bertz CT molecular complexity index is 1100. The molecule has 0 fully saturated rings. The molecule has 0 spiro atoms. The number of hydrogen-bond acceptors (Lipinski definition) is 6. The van der Waals surface area contributed by atoms with Crippen LogP contribution in [0.4, 0.5) is 10.8 Å². The Morgan fingerprint density at radius 1 is 1.03 bits per heavy atom. The van der Waals surface area contributed by atoms with Crippen molar-refractivity contribution in [2.45, 2.75) is 17.7 Å². The summed E-state index contributed by atoms with van der Waals surface area (Å²) >= 11 is 8.82. The largest absolute Gasteiger partial charge is 0.481 e. The molecule has 2 aromatic carbocycles. The van der Waals surface area contributed by atoms with Crippen LogP contribution in [0.2, 0.25) is 5.02 Å². The lowest BCUT2D eigenvalue weighted by atomic mass is 10.2. The summed E-state index contributed by atoms with van der Waals surface area (Å²) in [7, 11) is 0. The number of anilines is 2. The Morgan fingerprint density at radius 2 is 1.84 bits per heavy atom.